The van der Waals surface area contributed by atoms with Gasteiger partial charge in [-0.25, -0.2) is 0 Å². The molecule has 0 bridgehead atoms. The normalized spacial score (nSPS) is 10.7. The van der Waals surface area contributed by atoms with Crippen molar-refractivity contribution in [2.24, 2.45) is 0 Å². The van der Waals surface area contributed by atoms with Crippen molar-refractivity contribution in [1.82, 2.24) is 15.5 Å². The fourth-order valence-electron chi connectivity index (χ4n) is 2.47. The van der Waals surface area contributed by atoms with Crippen LogP contribution in [0.3, 0.4) is 0 Å². The summed E-state index contributed by atoms with van der Waals surface area (Å²) < 4.78 is 10.4. The predicted octanol–water partition coefficient (Wildman–Crippen LogP) is 4.36. The fourth-order valence-corrected chi connectivity index (χ4v) is 2.66. The quantitative estimate of drug-likeness (QED) is 0.614. The number of nitrogens with one attached hydrogen (secondary N) is 2. The van der Waals surface area contributed by atoms with Gasteiger partial charge in [-0.2, -0.15) is 4.98 Å². The van der Waals surface area contributed by atoms with Crippen molar-refractivity contribution in [2.75, 3.05) is 12.4 Å². The summed E-state index contributed by atoms with van der Waals surface area (Å²) in [6.45, 7) is 4.68. The largest absolute Gasteiger partial charge is 0.497 e. The minimum absolute atomic E-state index is 0.346. The van der Waals surface area contributed by atoms with Crippen LogP contribution >= 0.6 is 12.2 Å². The molecule has 3 rings (SSSR count). The number of hydrogen-bond acceptors (Lipinski definition) is 5. The Labute approximate surface area is 163 Å². The molecule has 3 aromatic rings. The van der Waals surface area contributed by atoms with Gasteiger partial charge in [-0.05, 0) is 60.1 Å². The number of aromatic nitrogens is 2. The van der Waals surface area contributed by atoms with E-state index in [1.165, 1.54) is 5.56 Å². The Hall–Kier alpha value is -2.93. The SMILES string of the molecule is COc1ccc(-c2noc(CNC(=S)Nc3ccc(C(C)C)cc3)n2)cc1. The summed E-state index contributed by atoms with van der Waals surface area (Å²) in [6.07, 6.45) is 0. The zero-order valence-corrected chi connectivity index (χ0v) is 16.3. The topological polar surface area (TPSA) is 72.2 Å². The first-order chi connectivity index (χ1) is 13.0. The van der Waals surface area contributed by atoms with Crippen molar-refractivity contribution >= 4 is 23.0 Å². The highest BCUT2D eigenvalue weighted by Gasteiger charge is 2.09. The van der Waals surface area contributed by atoms with Gasteiger partial charge in [0.05, 0.1) is 13.7 Å². The van der Waals surface area contributed by atoms with Gasteiger partial charge >= 0.3 is 0 Å². The predicted molar refractivity (Wildman–Crippen MR) is 110 cm³/mol. The molecule has 1 heterocycles. The Morgan fingerprint density at radius 1 is 1.11 bits per heavy atom. The van der Waals surface area contributed by atoms with Crippen LogP contribution in [0.4, 0.5) is 5.69 Å². The van der Waals surface area contributed by atoms with Crippen LogP contribution in [0.2, 0.25) is 0 Å². The Bertz CT molecular complexity index is 889. The van der Waals surface area contributed by atoms with E-state index in [0.29, 0.717) is 29.3 Å². The van der Waals surface area contributed by atoms with Crippen LogP contribution < -0.4 is 15.4 Å². The summed E-state index contributed by atoms with van der Waals surface area (Å²) in [5, 5.41) is 10.7. The molecule has 0 aliphatic heterocycles. The van der Waals surface area contributed by atoms with Gasteiger partial charge in [0.2, 0.25) is 11.7 Å². The summed E-state index contributed by atoms with van der Waals surface area (Å²) in [7, 11) is 1.63. The van der Waals surface area contributed by atoms with Gasteiger partial charge in [0.1, 0.15) is 5.75 Å². The summed E-state index contributed by atoms with van der Waals surface area (Å²) in [5.41, 5.74) is 3.08. The highest BCUT2D eigenvalue weighted by Crippen LogP contribution is 2.20. The molecule has 2 N–H and O–H groups in total. The third-order valence-corrected chi connectivity index (χ3v) is 4.30. The standard InChI is InChI=1S/C20H22N4O2S/c1-13(2)14-4-8-16(9-5-14)22-20(27)21-12-18-23-19(24-26-18)15-6-10-17(25-3)11-7-15/h4-11,13H,12H2,1-3H3,(H2,21,22,27). The van der Waals surface area contributed by atoms with E-state index in [9.17, 15) is 0 Å². The van der Waals surface area contributed by atoms with E-state index in [-0.39, 0.29) is 0 Å². The first-order valence-electron chi connectivity index (χ1n) is 8.67. The molecular formula is C20H22N4O2S. The number of ether oxygens (including phenoxy) is 1. The minimum atomic E-state index is 0.346. The Balaban J connectivity index is 1.53. The molecule has 0 spiro atoms. The van der Waals surface area contributed by atoms with Crippen LogP contribution in [0.15, 0.2) is 53.1 Å². The number of benzene rings is 2. The molecule has 0 unspecified atom stereocenters. The molecule has 0 radical (unpaired) electrons. The Morgan fingerprint density at radius 3 is 2.44 bits per heavy atom. The van der Waals surface area contributed by atoms with Crippen molar-refractivity contribution < 1.29 is 9.26 Å². The number of thiocarbonyl (C=S) groups is 1. The van der Waals surface area contributed by atoms with Crippen LogP contribution in [0.25, 0.3) is 11.4 Å². The van der Waals surface area contributed by atoms with Crippen molar-refractivity contribution in [1.29, 1.82) is 0 Å². The van der Waals surface area contributed by atoms with Crippen LogP contribution in [-0.2, 0) is 6.54 Å². The van der Waals surface area contributed by atoms with Crippen molar-refractivity contribution in [3.05, 3.63) is 60.0 Å². The second-order valence-electron chi connectivity index (χ2n) is 6.32. The molecule has 140 valence electrons. The molecule has 1 aromatic heterocycles. The van der Waals surface area contributed by atoms with Gasteiger partial charge in [0.15, 0.2) is 5.11 Å². The lowest BCUT2D eigenvalue weighted by molar-refractivity contribution is 0.376. The number of methoxy groups -OCH3 is 1. The fraction of sp³-hybridized carbons (Fsp3) is 0.250. The molecule has 0 aliphatic carbocycles. The van der Waals surface area contributed by atoms with Crippen LogP contribution in [0.5, 0.6) is 5.75 Å². The zero-order valence-electron chi connectivity index (χ0n) is 15.5. The lowest BCUT2D eigenvalue weighted by atomic mass is 10.0. The molecule has 0 atom stereocenters. The monoisotopic (exact) mass is 382 g/mol. The van der Waals surface area contributed by atoms with E-state index in [0.717, 1.165) is 17.0 Å². The zero-order chi connectivity index (χ0) is 19.2. The second-order valence-corrected chi connectivity index (χ2v) is 6.73. The number of hydrogen-bond donors (Lipinski definition) is 2. The molecule has 0 fully saturated rings. The molecule has 0 amide bonds. The first-order valence-corrected chi connectivity index (χ1v) is 9.08. The van der Waals surface area contributed by atoms with Crippen molar-refractivity contribution in [2.45, 2.75) is 26.3 Å². The molecule has 0 aliphatic rings. The number of anilines is 1. The number of nitrogens with zero attached hydrogens (tertiary/aromatic N) is 2. The van der Waals surface area contributed by atoms with Gasteiger partial charge in [-0.15, -0.1) is 0 Å². The molecular weight excluding hydrogens is 360 g/mol. The van der Waals surface area contributed by atoms with Gasteiger partial charge in [-0.3, -0.25) is 0 Å². The van der Waals surface area contributed by atoms with Gasteiger partial charge in [-0.1, -0.05) is 31.1 Å². The molecule has 7 heteroatoms. The van der Waals surface area contributed by atoms with E-state index >= 15 is 0 Å². The third kappa shape index (κ3) is 5.04. The Morgan fingerprint density at radius 2 is 1.81 bits per heavy atom. The van der Waals surface area contributed by atoms with E-state index in [1.54, 1.807) is 7.11 Å². The summed E-state index contributed by atoms with van der Waals surface area (Å²) in [4.78, 5) is 4.38. The maximum absolute atomic E-state index is 5.32. The van der Waals surface area contributed by atoms with Gasteiger partial charge in [0.25, 0.3) is 0 Å². The third-order valence-electron chi connectivity index (χ3n) is 4.05. The average Bonchev–Trinajstić information content (AvgIpc) is 3.16. The molecule has 27 heavy (non-hydrogen) atoms. The summed E-state index contributed by atoms with van der Waals surface area (Å²) in [6, 6.07) is 15.7. The highest BCUT2D eigenvalue weighted by atomic mass is 32.1. The lowest BCUT2D eigenvalue weighted by Crippen LogP contribution is -2.28. The van der Waals surface area contributed by atoms with Crippen LogP contribution in [-0.4, -0.2) is 22.4 Å². The van der Waals surface area contributed by atoms with Crippen LogP contribution in [0.1, 0.15) is 31.2 Å². The van der Waals surface area contributed by atoms with Gasteiger partial charge in [0, 0.05) is 11.3 Å². The van der Waals surface area contributed by atoms with Gasteiger partial charge < -0.3 is 19.9 Å². The maximum Gasteiger partial charge on any atom is 0.246 e. The molecule has 0 saturated heterocycles. The van der Waals surface area contributed by atoms with E-state index in [2.05, 4.69) is 46.8 Å². The molecule has 6 nitrogen and oxygen atoms in total. The molecule has 2 aromatic carbocycles. The number of rotatable bonds is 6. The first kappa shape index (κ1) is 18.8. The second kappa shape index (κ2) is 8.64. The van der Waals surface area contributed by atoms with E-state index in [4.69, 9.17) is 21.5 Å². The summed E-state index contributed by atoms with van der Waals surface area (Å²) >= 11 is 5.32. The van der Waals surface area contributed by atoms with Crippen molar-refractivity contribution in [3.63, 3.8) is 0 Å². The van der Waals surface area contributed by atoms with E-state index < -0.39 is 0 Å². The maximum atomic E-state index is 5.32. The molecule has 0 saturated carbocycles. The summed E-state index contributed by atoms with van der Waals surface area (Å²) in [5.74, 6) is 2.27. The lowest BCUT2D eigenvalue weighted by Gasteiger charge is -2.10. The van der Waals surface area contributed by atoms with Crippen molar-refractivity contribution in [3.8, 4) is 17.1 Å². The smallest absolute Gasteiger partial charge is 0.246 e. The average molecular weight is 382 g/mol. The minimum Gasteiger partial charge on any atom is -0.497 e. The van der Waals surface area contributed by atoms with Crippen LogP contribution in [0, 0.1) is 0 Å². The highest BCUT2D eigenvalue weighted by molar-refractivity contribution is 7.80. The van der Waals surface area contributed by atoms with E-state index in [1.807, 2.05) is 36.4 Å². The Kier molecular flexibility index (Phi) is 6.03.